The maximum Gasteiger partial charge on any atom is 0.253 e. The molecule has 0 saturated carbocycles. The first kappa shape index (κ1) is 8.90. The molecule has 0 aliphatic carbocycles. The molecule has 5 heteroatoms. The number of rotatable bonds is 1. The van der Waals surface area contributed by atoms with Crippen LogP contribution in [0.1, 0.15) is 10.4 Å². The highest BCUT2D eigenvalue weighted by atomic mass is 35.5. The fourth-order valence-corrected chi connectivity index (χ4v) is 1.63. The Morgan fingerprint density at radius 3 is 2.79 bits per heavy atom. The number of primary amides is 1. The molecule has 1 amide bonds. The van der Waals surface area contributed by atoms with Crippen LogP contribution >= 0.6 is 11.6 Å². The van der Waals surface area contributed by atoms with E-state index in [0.717, 1.165) is 0 Å². The first-order valence-electron chi connectivity index (χ1n) is 3.96. The van der Waals surface area contributed by atoms with Gasteiger partial charge in [-0.05, 0) is 12.1 Å². The van der Waals surface area contributed by atoms with E-state index in [1.807, 2.05) is 0 Å². The van der Waals surface area contributed by atoms with Crippen LogP contribution < -0.4 is 11.5 Å². The molecule has 0 bridgehead atoms. The van der Waals surface area contributed by atoms with Gasteiger partial charge in [0.15, 0.2) is 0 Å². The van der Waals surface area contributed by atoms with Crippen LogP contribution in [0.25, 0.3) is 10.9 Å². The van der Waals surface area contributed by atoms with Gasteiger partial charge in [0, 0.05) is 15.9 Å². The van der Waals surface area contributed by atoms with Crippen molar-refractivity contribution in [2.45, 2.75) is 0 Å². The van der Waals surface area contributed by atoms with Crippen molar-refractivity contribution in [1.29, 1.82) is 0 Å². The minimum Gasteiger partial charge on any atom is -0.385 e. The summed E-state index contributed by atoms with van der Waals surface area (Å²) in [4.78, 5) is 13.9. The number of carbonyl (C=O) groups excluding carboxylic acids is 1. The molecule has 4 nitrogen and oxygen atoms in total. The van der Waals surface area contributed by atoms with Crippen LogP contribution in [0, 0.1) is 0 Å². The molecular formula is C9H8ClN3O. The molecule has 5 N–H and O–H groups in total. The molecule has 0 unspecified atom stereocenters. The van der Waals surface area contributed by atoms with Gasteiger partial charge in [0.1, 0.15) is 5.82 Å². The van der Waals surface area contributed by atoms with E-state index in [0.29, 0.717) is 21.5 Å². The minimum absolute atomic E-state index is 0.273. The highest BCUT2D eigenvalue weighted by molar-refractivity contribution is 6.31. The van der Waals surface area contributed by atoms with Crippen molar-refractivity contribution >= 4 is 34.2 Å². The van der Waals surface area contributed by atoms with Crippen molar-refractivity contribution in [1.82, 2.24) is 4.98 Å². The summed E-state index contributed by atoms with van der Waals surface area (Å²) in [5.41, 5.74) is 11.8. The number of anilines is 1. The maximum absolute atomic E-state index is 11.1. The van der Waals surface area contributed by atoms with Gasteiger partial charge in [0.2, 0.25) is 0 Å². The molecule has 1 aromatic heterocycles. The van der Waals surface area contributed by atoms with E-state index >= 15 is 0 Å². The Balaban J connectivity index is 2.84. The zero-order valence-corrected chi connectivity index (χ0v) is 7.93. The minimum atomic E-state index is -0.545. The number of hydrogen-bond donors (Lipinski definition) is 3. The van der Waals surface area contributed by atoms with E-state index in [9.17, 15) is 4.79 Å². The average molecular weight is 210 g/mol. The Morgan fingerprint density at radius 1 is 1.43 bits per heavy atom. The summed E-state index contributed by atoms with van der Waals surface area (Å²) >= 11 is 5.78. The molecule has 2 aromatic rings. The molecule has 0 radical (unpaired) electrons. The SMILES string of the molecule is NC(=O)c1c(N)[nH]c2cc(Cl)ccc12. The Kier molecular flexibility index (Phi) is 1.86. The fourth-order valence-electron chi connectivity index (χ4n) is 1.46. The number of nitrogen functional groups attached to an aromatic ring is 1. The summed E-state index contributed by atoms with van der Waals surface area (Å²) in [6, 6.07) is 5.09. The van der Waals surface area contributed by atoms with Gasteiger partial charge < -0.3 is 16.5 Å². The second-order valence-corrected chi connectivity index (χ2v) is 3.40. The Hall–Kier alpha value is -1.68. The highest BCUT2D eigenvalue weighted by Gasteiger charge is 2.13. The van der Waals surface area contributed by atoms with E-state index in [2.05, 4.69) is 4.98 Å². The average Bonchev–Trinajstić information content (AvgIpc) is 2.39. The van der Waals surface area contributed by atoms with Gasteiger partial charge in [0.05, 0.1) is 5.56 Å². The number of fused-ring (bicyclic) bond motifs is 1. The lowest BCUT2D eigenvalue weighted by molar-refractivity contribution is 0.100. The van der Waals surface area contributed by atoms with Gasteiger partial charge in [-0.3, -0.25) is 4.79 Å². The molecule has 0 aliphatic heterocycles. The number of aromatic amines is 1. The van der Waals surface area contributed by atoms with E-state index in [-0.39, 0.29) is 5.82 Å². The molecule has 0 atom stereocenters. The van der Waals surface area contributed by atoms with E-state index in [1.54, 1.807) is 18.2 Å². The third kappa shape index (κ3) is 1.20. The van der Waals surface area contributed by atoms with Crippen LogP contribution in [-0.2, 0) is 0 Å². The number of aromatic nitrogens is 1. The van der Waals surface area contributed by atoms with E-state index < -0.39 is 5.91 Å². The van der Waals surface area contributed by atoms with Crippen molar-refractivity contribution in [3.63, 3.8) is 0 Å². The van der Waals surface area contributed by atoms with Crippen molar-refractivity contribution in [2.75, 3.05) is 5.73 Å². The van der Waals surface area contributed by atoms with Crippen LogP contribution in [0.3, 0.4) is 0 Å². The van der Waals surface area contributed by atoms with Gasteiger partial charge in [-0.15, -0.1) is 0 Å². The van der Waals surface area contributed by atoms with Gasteiger partial charge in [-0.25, -0.2) is 0 Å². The molecule has 1 aromatic carbocycles. The number of benzene rings is 1. The van der Waals surface area contributed by atoms with Crippen LogP contribution in [-0.4, -0.2) is 10.9 Å². The third-order valence-electron chi connectivity index (χ3n) is 2.04. The first-order valence-corrected chi connectivity index (χ1v) is 4.34. The first-order chi connectivity index (χ1) is 6.59. The normalized spacial score (nSPS) is 10.6. The fraction of sp³-hybridized carbons (Fsp3) is 0. The van der Waals surface area contributed by atoms with Crippen LogP contribution in [0.4, 0.5) is 5.82 Å². The molecule has 0 fully saturated rings. The number of nitrogens with two attached hydrogens (primary N) is 2. The third-order valence-corrected chi connectivity index (χ3v) is 2.27. The summed E-state index contributed by atoms with van der Waals surface area (Å²) in [6.45, 7) is 0. The molecule has 72 valence electrons. The lowest BCUT2D eigenvalue weighted by atomic mass is 10.1. The maximum atomic E-state index is 11.1. The molecular weight excluding hydrogens is 202 g/mol. The second-order valence-electron chi connectivity index (χ2n) is 2.97. The summed E-state index contributed by atoms with van der Waals surface area (Å²) < 4.78 is 0. The van der Waals surface area contributed by atoms with E-state index in [4.69, 9.17) is 23.1 Å². The van der Waals surface area contributed by atoms with E-state index in [1.165, 1.54) is 0 Å². The van der Waals surface area contributed by atoms with Crippen LogP contribution in [0.15, 0.2) is 18.2 Å². The van der Waals surface area contributed by atoms with Gasteiger partial charge >= 0.3 is 0 Å². The van der Waals surface area contributed by atoms with Gasteiger partial charge in [-0.2, -0.15) is 0 Å². The number of halogens is 1. The second kappa shape index (κ2) is 2.92. The zero-order valence-electron chi connectivity index (χ0n) is 7.17. The molecule has 1 heterocycles. The molecule has 2 rings (SSSR count). The summed E-state index contributed by atoms with van der Waals surface area (Å²) in [6.07, 6.45) is 0. The largest absolute Gasteiger partial charge is 0.385 e. The summed E-state index contributed by atoms with van der Waals surface area (Å²) in [7, 11) is 0. The smallest absolute Gasteiger partial charge is 0.253 e. The number of H-pyrrole nitrogens is 1. The zero-order chi connectivity index (χ0) is 10.3. The lowest BCUT2D eigenvalue weighted by Crippen LogP contribution is -2.12. The van der Waals surface area contributed by atoms with Gasteiger partial charge in [0.25, 0.3) is 5.91 Å². The van der Waals surface area contributed by atoms with Crippen LogP contribution in [0.2, 0.25) is 5.02 Å². The summed E-state index contributed by atoms with van der Waals surface area (Å²) in [5.74, 6) is -0.272. The number of amides is 1. The summed E-state index contributed by atoms with van der Waals surface area (Å²) in [5, 5.41) is 1.27. The predicted molar refractivity (Wildman–Crippen MR) is 56.2 cm³/mol. The molecule has 14 heavy (non-hydrogen) atoms. The van der Waals surface area contributed by atoms with Crippen LogP contribution in [0.5, 0.6) is 0 Å². The molecule has 0 saturated heterocycles. The topological polar surface area (TPSA) is 84.9 Å². The molecule has 0 spiro atoms. The van der Waals surface area contributed by atoms with Crippen molar-refractivity contribution in [3.05, 3.63) is 28.8 Å². The Bertz CT molecular complexity index is 518. The number of hydrogen-bond acceptors (Lipinski definition) is 2. The molecule has 0 aliphatic rings. The number of nitrogens with one attached hydrogen (secondary N) is 1. The monoisotopic (exact) mass is 209 g/mol. The Labute approximate surface area is 84.8 Å². The standard InChI is InChI=1S/C9H8ClN3O/c10-4-1-2-5-6(3-4)13-8(11)7(5)9(12)14/h1-3,13H,11H2,(H2,12,14). The predicted octanol–water partition coefficient (Wildman–Crippen LogP) is 1.50. The highest BCUT2D eigenvalue weighted by Crippen LogP contribution is 2.26. The number of carbonyl (C=O) groups is 1. The van der Waals surface area contributed by atoms with Gasteiger partial charge in [-0.1, -0.05) is 17.7 Å². The quantitative estimate of drug-likeness (QED) is 0.665. The lowest BCUT2D eigenvalue weighted by Gasteiger charge is -1.93. The van der Waals surface area contributed by atoms with Crippen molar-refractivity contribution in [3.8, 4) is 0 Å². The van der Waals surface area contributed by atoms with Crippen molar-refractivity contribution < 1.29 is 4.79 Å². The Morgan fingerprint density at radius 2 is 2.14 bits per heavy atom. The van der Waals surface area contributed by atoms with Crippen molar-refractivity contribution in [2.24, 2.45) is 5.73 Å².